The molecular weight excluding hydrogens is 378 g/mol. The molecule has 0 unspecified atom stereocenters. The summed E-state index contributed by atoms with van der Waals surface area (Å²) in [6.45, 7) is 0. The SMILES string of the molecule is Cn1cc(-c2ccc(NC(=O)NC3(c4ccnc(C#N)n4)CCCCC3)cc2)cn1. The minimum absolute atomic E-state index is 0.116. The number of nitrogens with one attached hydrogen (secondary N) is 2. The Bertz CT molecular complexity index is 1080. The number of benzene rings is 1. The van der Waals surface area contributed by atoms with Gasteiger partial charge >= 0.3 is 6.03 Å². The van der Waals surface area contributed by atoms with E-state index in [1.54, 1.807) is 23.1 Å². The van der Waals surface area contributed by atoms with Gasteiger partial charge in [0, 0.05) is 30.7 Å². The van der Waals surface area contributed by atoms with Crippen molar-refractivity contribution in [3.8, 4) is 17.2 Å². The first-order valence-corrected chi connectivity index (χ1v) is 10.00. The van der Waals surface area contributed by atoms with Gasteiger partial charge in [-0.2, -0.15) is 10.4 Å². The van der Waals surface area contributed by atoms with Crippen LogP contribution >= 0.6 is 0 Å². The standard InChI is InChI=1S/C22H23N7O/c1-29-15-17(14-25-29)16-5-7-18(8-6-16)26-21(30)28-22(10-3-2-4-11-22)19-9-12-24-20(13-23)27-19/h5-9,12,14-15H,2-4,10-11H2,1H3,(H2,26,28,30). The first-order valence-electron chi connectivity index (χ1n) is 10.00. The van der Waals surface area contributed by atoms with Crippen LogP contribution in [0.2, 0.25) is 0 Å². The van der Waals surface area contributed by atoms with Gasteiger partial charge in [0.05, 0.1) is 17.4 Å². The van der Waals surface area contributed by atoms with Crippen LogP contribution in [-0.2, 0) is 12.6 Å². The fourth-order valence-corrected chi connectivity index (χ4v) is 3.98. The van der Waals surface area contributed by atoms with E-state index in [1.165, 1.54) is 0 Å². The Kier molecular flexibility index (Phi) is 5.44. The van der Waals surface area contributed by atoms with Crippen molar-refractivity contribution in [2.75, 3.05) is 5.32 Å². The van der Waals surface area contributed by atoms with E-state index in [-0.39, 0.29) is 11.9 Å². The summed E-state index contributed by atoms with van der Waals surface area (Å²) in [5.74, 6) is 0.116. The molecule has 0 radical (unpaired) electrons. The number of aryl methyl sites for hydroxylation is 1. The second kappa shape index (κ2) is 8.33. The van der Waals surface area contributed by atoms with Gasteiger partial charge in [-0.1, -0.05) is 31.4 Å². The van der Waals surface area contributed by atoms with Crippen LogP contribution in [0.4, 0.5) is 10.5 Å². The molecule has 8 nitrogen and oxygen atoms in total. The molecule has 1 saturated carbocycles. The summed E-state index contributed by atoms with van der Waals surface area (Å²) < 4.78 is 1.75. The second-order valence-corrected chi connectivity index (χ2v) is 7.58. The number of hydrogen-bond acceptors (Lipinski definition) is 5. The minimum Gasteiger partial charge on any atom is -0.327 e. The van der Waals surface area contributed by atoms with Crippen molar-refractivity contribution in [2.45, 2.75) is 37.6 Å². The van der Waals surface area contributed by atoms with Gasteiger partial charge in [-0.05, 0) is 36.6 Å². The molecule has 152 valence electrons. The summed E-state index contributed by atoms with van der Waals surface area (Å²) in [5, 5.41) is 19.4. The molecule has 2 amide bonds. The highest BCUT2D eigenvalue weighted by molar-refractivity contribution is 5.90. The number of rotatable bonds is 4. The highest BCUT2D eigenvalue weighted by Gasteiger charge is 2.37. The Labute approximate surface area is 175 Å². The highest BCUT2D eigenvalue weighted by Crippen LogP contribution is 2.36. The quantitative estimate of drug-likeness (QED) is 0.692. The van der Waals surface area contributed by atoms with Crippen molar-refractivity contribution < 1.29 is 4.79 Å². The van der Waals surface area contributed by atoms with Crippen molar-refractivity contribution in [2.24, 2.45) is 7.05 Å². The third-order valence-corrected chi connectivity index (χ3v) is 5.49. The Morgan fingerprint density at radius 2 is 1.90 bits per heavy atom. The van der Waals surface area contributed by atoms with Crippen LogP contribution < -0.4 is 10.6 Å². The van der Waals surface area contributed by atoms with Crippen LogP contribution in [-0.4, -0.2) is 25.8 Å². The fraction of sp³-hybridized carbons (Fsp3) is 0.318. The Balaban J connectivity index is 1.50. The third kappa shape index (κ3) is 4.15. The first-order chi connectivity index (χ1) is 14.6. The van der Waals surface area contributed by atoms with Crippen LogP contribution in [0.1, 0.15) is 43.6 Å². The lowest BCUT2D eigenvalue weighted by molar-refractivity contribution is 0.209. The maximum Gasteiger partial charge on any atom is 0.319 e. The van der Waals surface area contributed by atoms with Gasteiger partial charge in [0.2, 0.25) is 5.82 Å². The van der Waals surface area contributed by atoms with E-state index in [2.05, 4.69) is 25.7 Å². The van der Waals surface area contributed by atoms with Crippen molar-refractivity contribution in [3.63, 3.8) is 0 Å². The smallest absolute Gasteiger partial charge is 0.319 e. The summed E-state index contributed by atoms with van der Waals surface area (Å²) in [6, 6.07) is 11.1. The van der Waals surface area contributed by atoms with Crippen molar-refractivity contribution in [3.05, 3.63) is 60.4 Å². The summed E-state index contributed by atoms with van der Waals surface area (Å²) in [7, 11) is 1.88. The Hall–Kier alpha value is -3.73. The monoisotopic (exact) mass is 401 g/mol. The van der Waals surface area contributed by atoms with E-state index in [9.17, 15) is 4.79 Å². The van der Waals surface area contributed by atoms with Gasteiger partial charge in [0.15, 0.2) is 0 Å². The molecule has 4 rings (SSSR count). The molecule has 2 N–H and O–H groups in total. The lowest BCUT2D eigenvalue weighted by Gasteiger charge is -2.37. The molecule has 1 aliphatic rings. The number of nitrogens with zero attached hydrogens (tertiary/aromatic N) is 5. The molecular formula is C22H23N7O. The summed E-state index contributed by atoms with van der Waals surface area (Å²) in [5.41, 5.74) is 2.85. The number of carbonyl (C=O) groups is 1. The van der Waals surface area contributed by atoms with Gasteiger partial charge in [0.1, 0.15) is 6.07 Å². The topological polar surface area (TPSA) is 109 Å². The number of nitriles is 1. The zero-order valence-electron chi connectivity index (χ0n) is 16.8. The Morgan fingerprint density at radius 1 is 1.13 bits per heavy atom. The second-order valence-electron chi connectivity index (χ2n) is 7.58. The fourth-order valence-electron chi connectivity index (χ4n) is 3.98. The molecule has 0 bridgehead atoms. The average molecular weight is 401 g/mol. The molecule has 0 atom stereocenters. The van der Waals surface area contributed by atoms with Crippen LogP contribution in [0, 0.1) is 11.3 Å². The van der Waals surface area contributed by atoms with Gasteiger partial charge in [-0.15, -0.1) is 0 Å². The van der Waals surface area contributed by atoms with Gasteiger partial charge < -0.3 is 10.6 Å². The number of anilines is 1. The number of urea groups is 1. The highest BCUT2D eigenvalue weighted by atomic mass is 16.2. The molecule has 0 spiro atoms. The van der Waals surface area contributed by atoms with E-state index < -0.39 is 5.54 Å². The predicted molar refractivity (Wildman–Crippen MR) is 112 cm³/mol. The number of hydrogen-bond donors (Lipinski definition) is 2. The van der Waals surface area contributed by atoms with Crippen LogP contribution in [0.5, 0.6) is 0 Å². The predicted octanol–water partition coefficient (Wildman–Crippen LogP) is 3.73. The summed E-state index contributed by atoms with van der Waals surface area (Å²) in [4.78, 5) is 21.2. The number of aromatic nitrogens is 4. The molecule has 0 saturated heterocycles. The van der Waals surface area contributed by atoms with Gasteiger partial charge in [-0.3, -0.25) is 4.68 Å². The average Bonchev–Trinajstić information content (AvgIpc) is 3.21. The molecule has 1 fully saturated rings. The van der Waals surface area contributed by atoms with E-state index in [0.717, 1.165) is 43.2 Å². The van der Waals surface area contributed by atoms with E-state index in [0.29, 0.717) is 11.4 Å². The van der Waals surface area contributed by atoms with E-state index in [1.807, 2.05) is 43.6 Å². The van der Waals surface area contributed by atoms with Crippen LogP contribution in [0.25, 0.3) is 11.1 Å². The van der Waals surface area contributed by atoms with Crippen molar-refractivity contribution in [1.82, 2.24) is 25.1 Å². The molecule has 1 aliphatic carbocycles. The van der Waals surface area contributed by atoms with Crippen LogP contribution in [0.15, 0.2) is 48.9 Å². The largest absolute Gasteiger partial charge is 0.327 e. The maximum absolute atomic E-state index is 12.8. The molecule has 3 aromatic rings. The molecule has 0 aliphatic heterocycles. The molecule has 2 heterocycles. The molecule has 8 heteroatoms. The first kappa shape index (κ1) is 19.6. The van der Waals surface area contributed by atoms with Crippen molar-refractivity contribution >= 4 is 11.7 Å². The molecule has 30 heavy (non-hydrogen) atoms. The normalized spacial score (nSPS) is 15.2. The van der Waals surface area contributed by atoms with Crippen LogP contribution in [0.3, 0.4) is 0 Å². The molecule has 1 aromatic carbocycles. The summed E-state index contributed by atoms with van der Waals surface area (Å²) >= 11 is 0. The van der Waals surface area contributed by atoms with Crippen molar-refractivity contribution in [1.29, 1.82) is 5.26 Å². The van der Waals surface area contributed by atoms with E-state index >= 15 is 0 Å². The number of amides is 2. The zero-order chi connectivity index (χ0) is 21.0. The van der Waals surface area contributed by atoms with Gasteiger partial charge in [0.25, 0.3) is 0 Å². The van der Waals surface area contributed by atoms with Gasteiger partial charge in [-0.25, -0.2) is 14.8 Å². The molecule has 2 aromatic heterocycles. The lowest BCUT2D eigenvalue weighted by atomic mass is 9.79. The number of carbonyl (C=O) groups excluding carboxylic acids is 1. The Morgan fingerprint density at radius 3 is 2.57 bits per heavy atom. The van der Waals surface area contributed by atoms with E-state index in [4.69, 9.17) is 5.26 Å². The maximum atomic E-state index is 12.8. The third-order valence-electron chi connectivity index (χ3n) is 5.49. The summed E-state index contributed by atoms with van der Waals surface area (Å²) in [6.07, 6.45) is 9.99. The lowest BCUT2D eigenvalue weighted by Crippen LogP contribution is -2.49. The minimum atomic E-state index is -0.591. The zero-order valence-corrected chi connectivity index (χ0v) is 16.8.